The molecule has 28 heavy (non-hydrogen) atoms. The predicted octanol–water partition coefficient (Wildman–Crippen LogP) is 2.97. The molecular weight excluding hydrogens is 398 g/mol. The van der Waals surface area contributed by atoms with Crippen LogP contribution in [-0.4, -0.2) is 51.2 Å². The van der Waals surface area contributed by atoms with Crippen LogP contribution in [0.1, 0.15) is 28.4 Å². The molecule has 2 aromatic rings. The summed E-state index contributed by atoms with van der Waals surface area (Å²) < 4.78 is 25.7. The molecule has 0 radical (unpaired) electrons. The Morgan fingerprint density at radius 3 is 2.39 bits per heavy atom. The molecule has 0 atom stereocenters. The van der Waals surface area contributed by atoms with Gasteiger partial charge in [0.25, 0.3) is 5.91 Å². The highest BCUT2D eigenvalue weighted by Crippen LogP contribution is 2.22. The normalized spacial score (nSPS) is 11.8. The van der Waals surface area contributed by atoms with Crippen molar-refractivity contribution in [3.8, 4) is 0 Å². The van der Waals surface area contributed by atoms with Crippen molar-refractivity contribution in [2.45, 2.75) is 24.9 Å². The molecular formula is C20H26ClN3O3S. The SMILES string of the molecule is CCN(C)Cc1cccc(CNC(=O)c2cc(S(=O)(=O)N(C)C)ccc2Cl)c1. The highest BCUT2D eigenvalue weighted by Gasteiger charge is 2.20. The van der Waals surface area contributed by atoms with Crippen molar-refractivity contribution < 1.29 is 13.2 Å². The summed E-state index contributed by atoms with van der Waals surface area (Å²) in [5.74, 6) is -0.420. The first-order chi connectivity index (χ1) is 13.1. The van der Waals surface area contributed by atoms with Gasteiger partial charge in [0.2, 0.25) is 10.0 Å². The minimum atomic E-state index is -3.65. The molecule has 6 nitrogen and oxygen atoms in total. The van der Waals surface area contributed by atoms with E-state index in [2.05, 4.69) is 17.1 Å². The Labute approximate surface area is 172 Å². The maximum Gasteiger partial charge on any atom is 0.253 e. The van der Waals surface area contributed by atoms with Crippen molar-refractivity contribution in [3.63, 3.8) is 0 Å². The Morgan fingerprint density at radius 2 is 1.75 bits per heavy atom. The number of hydrogen-bond donors (Lipinski definition) is 1. The topological polar surface area (TPSA) is 69.7 Å². The number of amides is 1. The van der Waals surface area contributed by atoms with Crippen molar-refractivity contribution in [2.24, 2.45) is 0 Å². The van der Waals surface area contributed by atoms with Gasteiger partial charge in [-0.05, 0) is 42.9 Å². The molecule has 0 aromatic heterocycles. The molecule has 0 aliphatic heterocycles. The van der Waals surface area contributed by atoms with Gasteiger partial charge in [-0.2, -0.15) is 0 Å². The molecule has 0 aliphatic carbocycles. The number of halogens is 1. The molecule has 1 N–H and O–H groups in total. The number of nitrogens with one attached hydrogen (secondary N) is 1. The van der Waals surface area contributed by atoms with Crippen LogP contribution in [0.4, 0.5) is 0 Å². The first kappa shape index (κ1) is 22.4. The number of carbonyl (C=O) groups excluding carboxylic acids is 1. The van der Waals surface area contributed by atoms with Crippen LogP contribution in [0.25, 0.3) is 0 Å². The van der Waals surface area contributed by atoms with E-state index in [0.29, 0.717) is 6.54 Å². The predicted molar refractivity (Wildman–Crippen MR) is 112 cm³/mol. The minimum Gasteiger partial charge on any atom is -0.348 e. The van der Waals surface area contributed by atoms with Gasteiger partial charge in [-0.1, -0.05) is 42.8 Å². The van der Waals surface area contributed by atoms with Gasteiger partial charge in [-0.3, -0.25) is 4.79 Å². The van der Waals surface area contributed by atoms with E-state index in [4.69, 9.17) is 11.6 Å². The molecule has 0 fully saturated rings. The number of benzene rings is 2. The lowest BCUT2D eigenvalue weighted by Gasteiger charge is -2.15. The largest absolute Gasteiger partial charge is 0.348 e. The van der Waals surface area contributed by atoms with Gasteiger partial charge in [-0.25, -0.2) is 12.7 Å². The monoisotopic (exact) mass is 423 g/mol. The van der Waals surface area contributed by atoms with Crippen molar-refractivity contribution in [2.75, 3.05) is 27.7 Å². The number of carbonyl (C=O) groups is 1. The molecule has 0 unspecified atom stereocenters. The smallest absolute Gasteiger partial charge is 0.253 e. The van der Waals surface area contributed by atoms with Gasteiger partial charge in [0, 0.05) is 27.2 Å². The van der Waals surface area contributed by atoms with Crippen LogP contribution in [0, 0.1) is 0 Å². The molecule has 0 saturated heterocycles. The highest BCUT2D eigenvalue weighted by molar-refractivity contribution is 7.89. The van der Waals surface area contributed by atoms with Crippen molar-refractivity contribution in [1.29, 1.82) is 0 Å². The average molecular weight is 424 g/mol. The van der Waals surface area contributed by atoms with E-state index < -0.39 is 15.9 Å². The molecule has 0 aliphatic rings. The number of sulfonamides is 1. The fourth-order valence-corrected chi connectivity index (χ4v) is 3.72. The summed E-state index contributed by atoms with van der Waals surface area (Å²) in [5, 5.41) is 3.02. The molecule has 0 bridgehead atoms. The third kappa shape index (κ3) is 5.54. The minimum absolute atomic E-state index is 0.0247. The first-order valence-electron chi connectivity index (χ1n) is 8.91. The molecule has 0 saturated carbocycles. The zero-order valence-electron chi connectivity index (χ0n) is 16.6. The fourth-order valence-electron chi connectivity index (χ4n) is 2.59. The number of rotatable bonds is 8. The van der Waals surface area contributed by atoms with Crippen molar-refractivity contribution in [3.05, 3.63) is 64.2 Å². The van der Waals surface area contributed by atoms with Crippen molar-refractivity contribution >= 4 is 27.5 Å². The van der Waals surface area contributed by atoms with Gasteiger partial charge in [0.15, 0.2) is 0 Å². The van der Waals surface area contributed by atoms with Crippen LogP contribution < -0.4 is 5.32 Å². The molecule has 152 valence electrons. The Kier molecular flexibility index (Phi) is 7.60. The van der Waals surface area contributed by atoms with Crippen LogP contribution in [0.2, 0.25) is 5.02 Å². The Hall–Kier alpha value is -1.93. The summed E-state index contributed by atoms with van der Waals surface area (Å²) in [6, 6.07) is 12.1. The number of hydrogen-bond acceptors (Lipinski definition) is 4. The Morgan fingerprint density at radius 1 is 1.07 bits per heavy atom. The third-order valence-electron chi connectivity index (χ3n) is 4.40. The molecule has 2 rings (SSSR count). The summed E-state index contributed by atoms with van der Waals surface area (Å²) in [6.07, 6.45) is 0. The standard InChI is InChI=1S/C20H26ClN3O3S/c1-5-24(4)14-16-8-6-7-15(11-16)13-22-20(25)18-12-17(9-10-19(18)21)28(26,27)23(2)3/h6-12H,5,13-14H2,1-4H3,(H,22,25). The third-order valence-corrected chi connectivity index (χ3v) is 6.54. The van der Waals surface area contributed by atoms with E-state index in [0.717, 1.165) is 28.5 Å². The second-order valence-corrected chi connectivity index (χ2v) is 9.32. The van der Waals surface area contributed by atoms with Gasteiger partial charge in [0.1, 0.15) is 0 Å². The average Bonchev–Trinajstić information content (AvgIpc) is 2.66. The van der Waals surface area contributed by atoms with E-state index >= 15 is 0 Å². The van der Waals surface area contributed by atoms with Gasteiger partial charge in [-0.15, -0.1) is 0 Å². The van der Waals surface area contributed by atoms with Crippen LogP contribution in [0.3, 0.4) is 0 Å². The zero-order valence-corrected chi connectivity index (χ0v) is 18.1. The van der Waals surface area contributed by atoms with E-state index in [1.807, 2.05) is 31.3 Å². The first-order valence-corrected chi connectivity index (χ1v) is 10.7. The number of nitrogens with zero attached hydrogens (tertiary/aromatic N) is 2. The van der Waals surface area contributed by atoms with E-state index in [1.54, 1.807) is 0 Å². The zero-order chi connectivity index (χ0) is 20.9. The molecule has 1 amide bonds. The summed E-state index contributed by atoms with van der Waals surface area (Å²) in [5.41, 5.74) is 2.25. The summed E-state index contributed by atoms with van der Waals surface area (Å²) in [7, 11) is 1.27. The summed E-state index contributed by atoms with van der Waals surface area (Å²) in [6.45, 7) is 4.20. The van der Waals surface area contributed by atoms with Crippen LogP contribution in [0.15, 0.2) is 47.4 Å². The summed E-state index contributed by atoms with van der Waals surface area (Å²) >= 11 is 6.13. The lowest BCUT2D eigenvalue weighted by Crippen LogP contribution is -2.25. The fraction of sp³-hybridized carbons (Fsp3) is 0.350. The lowest BCUT2D eigenvalue weighted by atomic mass is 10.1. The van der Waals surface area contributed by atoms with E-state index in [1.165, 1.54) is 32.3 Å². The van der Waals surface area contributed by atoms with Crippen LogP contribution >= 0.6 is 11.6 Å². The molecule has 8 heteroatoms. The maximum atomic E-state index is 12.6. The van der Waals surface area contributed by atoms with E-state index in [9.17, 15) is 13.2 Å². The Balaban J connectivity index is 2.15. The summed E-state index contributed by atoms with van der Waals surface area (Å²) in [4.78, 5) is 14.8. The van der Waals surface area contributed by atoms with Crippen molar-refractivity contribution in [1.82, 2.24) is 14.5 Å². The van der Waals surface area contributed by atoms with Gasteiger partial charge in [0.05, 0.1) is 15.5 Å². The quantitative estimate of drug-likeness (QED) is 0.708. The van der Waals surface area contributed by atoms with Gasteiger partial charge >= 0.3 is 0 Å². The van der Waals surface area contributed by atoms with Crippen LogP contribution in [-0.2, 0) is 23.1 Å². The second-order valence-electron chi connectivity index (χ2n) is 6.76. The van der Waals surface area contributed by atoms with Crippen LogP contribution in [0.5, 0.6) is 0 Å². The lowest BCUT2D eigenvalue weighted by molar-refractivity contribution is 0.0951. The second kappa shape index (κ2) is 9.52. The van der Waals surface area contributed by atoms with E-state index in [-0.39, 0.29) is 15.5 Å². The maximum absolute atomic E-state index is 12.6. The molecule has 0 spiro atoms. The highest BCUT2D eigenvalue weighted by atomic mass is 35.5. The van der Waals surface area contributed by atoms with Gasteiger partial charge < -0.3 is 10.2 Å². The molecule has 0 heterocycles. The molecule has 2 aromatic carbocycles. The Bertz CT molecular complexity index is 945.